The highest BCUT2D eigenvalue weighted by molar-refractivity contribution is 5.96. The van der Waals surface area contributed by atoms with Crippen LogP contribution in [-0.4, -0.2) is 9.97 Å². The molecular weight excluding hydrogens is 278 g/mol. The van der Waals surface area contributed by atoms with Gasteiger partial charge in [-0.1, -0.05) is 0 Å². The fraction of sp³-hybridized carbons (Fsp3) is 0. The molecule has 1 aromatic carbocycles. The number of anilines is 2. The van der Waals surface area contributed by atoms with Crippen LogP contribution in [0.3, 0.4) is 0 Å². The third-order valence-corrected chi connectivity index (χ3v) is 3.13. The average molecular weight is 288 g/mol. The number of aromatic amines is 1. The molecule has 0 bridgehead atoms. The van der Waals surface area contributed by atoms with Gasteiger partial charge in [-0.3, -0.25) is 4.79 Å². The Balaban J connectivity index is 2.47. The summed E-state index contributed by atoms with van der Waals surface area (Å²) in [6.45, 7) is 0. The third-order valence-electron chi connectivity index (χ3n) is 3.13. The van der Waals surface area contributed by atoms with Crippen molar-refractivity contribution in [2.24, 2.45) is 0 Å². The average Bonchev–Trinajstić information content (AvgIpc) is 2.42. The van der Waals surface area contributed by atoms with Crippen LogP contribution in [0.15, 0.2) is 35.1 Å². The summed E-state index contributed by atoms with van der Waals surface area (Å²) >= 11 is 0. The van der Waals surface area contributed by atoms with E-state index < -0.39 is 17.2 Å². The Morgan fingerprint density at radius 1 is 1.10 bits per heavy atom. The number of rotatable bonds is 1. The lowest BCUT2D eigenvalue weighted by molar-refractivity contribution is 0.513. The minimum atomic E-state index is -1.11. The van der Waals surface area contributed by atoms with E-state index >= 15 is 0 Å². The van der Waals surface area contributed by atoms with Crippen molar-refractivity contribution in [3.05, 3.63) is 52.3 Å². The Bertz CT molecular complexity index is 921. The van der Waals surface area contributed by atoms with Crippen molar-refractivity contribution in [3.63, 3.8) is 0 Å². The second kappa shape index (κ2) is 4.55. The van der Waals surface area contributed by atoms with Crippen LogP contribution < -0.4 is 17.0 Å². The number of hydrogen-bond acceptors (Lipinski definition) is 4. The van der Waals surface area contributed by atoms with E-state index in [0.717, 1.165) is 6.07 Å². The maximum Gasteiger partial charge on any atom is 0.248 e. The number of hydrogen-bond donors (Lipinski definition) is 3. The van der Waals surface area contributed by atoms with E-state index in [1.165, 1.54) is 24.3 Å². The van der Waals surface area contributed by atoms with Crippen LogP contribution in [0.5, 0.6) is 0 Å². The molecule has 0 aliphatic carbocycles. The second-order valence-corrected chi connectivity index (χ2v) is 4.50. The highest BCUT2D eigenvalue weighted by Gasteiger charge is 2.18. The Morgan fingerprint density at radius 2 is 1.86 bits per heavy atom. The van der Waals surface area contributed by atoms with Gasteiger partial charge in [-0.05, 0) is 24.3 Å². The van der Waals surface area contributed by atoms with Crippen molar-refractivity contribution in [1.29, 1.82) is 0 Å². The summed E-state index contributed by atoms with van der Waals surface area (Å²) in [6.07, 6.45) is 0. The molecule has 0 saturated heterocycles. The lowest BCUT2D eigenvalue weighted by atomic mass is 10.0. The van der Waals surface area contributed by atoms with Gasteiger partial charge in [0.25, 0.3) is 0 Å². The number of nitrogens with one attached hydrogen (secondary N) is 1. The Morgan fingerprint density at radius 3 is 2.57 bits per heavy atom. The quantitative estimate of drug-likeness (QED) is 0.638. The van der Waals surface area contributed by atoms with Crippen molar-refractivity contribution in [3.8, 4) is 11.1 Å². The highest BCUT2D eigenvalue weighted by atomic mass is 19.2. The van der Waals surface area contributed by atoms with Gasteiger partial charge >= 0.3 is 0 Å². The van der Waals surface area contributed by atoms with Crippen LogP contribution in [0, 0.1) is 11.6 Å². The number of pyridine rings is 2. The smallest absolute Gasteiger partial charge is 0.248 e. The number of aromatic nitrogens is 2. The van der Waals surface area contributed by atoms with Gasteiger partial charge in [0.05, 0.1) is 5.52 Å². The minimum absolute atomic E-state index is 0.0505. The zero-order valence-electron chi connectivity index (χ0n) is 10.7. The van der Waals surface area contributed by atoms with Gasteiger partial charge in [-0.25, -0.2) is 13.8 Å². The van der Waals surface area contributed by atoms with Crippen LogP contribution in [0.2, 0.25) is 0 Å². The molecule has 3 rings (SSSR count). The van der Waals surface area contributed by atoms with Gasteiger partial charge in [0, 0.05) is 22.6 Å². The van der Waals surface area contributed by atoms with Crippen molar-refractivity contribution in [1.82, 2.24) is 9.97 Å². The van der Waals surface area contributed by atoms with Crippen molar-refractivity contribution in [2.75, 3.05) is 11.5 Å². The molecule has 0 aliphatic rings. The summed E-state index contributed by atoms with van der Waals surface area (Å²) in [6, 6.07) is 6.49. The Hall–Kier alpha value is -2.96. The van der Waals surface area contributed by atoms with Crippen molar-refractivity contribution in [2.45, 2.75) is 0 Å². The maximum atomic E-state index is 14.2. The first-order valence-corrected chi connectivity index (χ1v) is 6.01. The van der Waals surface area contributed by atoms with Gasteiger partial charge in [0.1, 0.15) is 11.6 Å². The molecule has 0 spiro atoms. The molecule has 2 aromatic heterocycles. The number of fused-ring (bicyclic) bond motifs is 1. The van der Waals surface area contributed by atoms with E-state index in [0.29, 0.717) is 5.39 Å². The molecule has 5 N–H and O–H groups in total. The highest BCUT2D eigenvalue weighted by Crippen LogP contribution is 2.34. The Kier molecular flexibility index (Phi) is 2.83. The lowest BCUT2D eigenvalue weighted by Crippen LogP contribution is -2.06. The van der Waals surface area contributed by atoms with Crippen molar-refractivity contribution >= 4 is 22.5 Å². The molecule has 0 unspecified atom stereocenters. The van der Waals surface area contributed by atoms with E-state index in [-0.39, 0.29) is 28.3 Å². The molecule has 0 atom stereocenters. The number of nitrogens with two attached hydrogens (primary N) is 2. The van der Waals surface area contributed by atoms with Crippen LogP contribution in [0.1, 0.15) is 0 Å². The number of H-pyrrole nitrogens is 1. The standard InChI is InChI=1S/C14H10F2N4O/c15-8-5-6-1-4-10(21)20-13(6)11(12(8)16)7-2-3-9(17)19-14(7)18/h1-5H,(H,20,21)(H4,17,18,19). The van der Waals surface area contributed by atoms with Gasteiger partial charge in [-0.15, -0.1) is 0 Å². The molecule has 0 radical (unpaired) electrons. The van der Waals surface area contributed by atoms with E-state index in [9.17, 15) is 13.6 Å². The lowest BCUT2D eigenvalue weighted by Gasteiger charge is -2.11. The number of halogens is 2. The first-order valence-electron chi connectivity index (χ1n) is 6.01. The van der Waals surface area contributed by atoms with Gasteiger partial charge < -0.3 is 16.5 Å². The van der Waals surface area contributed by atoms with E-state index in [1.807, 2.05) is 0 Å². The maximum absolute atomic E-state index is 14.2. The molecule has 5 nitrogen and oxygen atoms in total. The van der Waals surface area contributed by atoms with Crippen LogP contribution in [0.25, 0.3) is 22.0 Å². The van der Waals surface area contributed by atoms with Crippen molar-refractivity contribution < 1.29 is 8.78 Å². The number of nitrogens with zero attached hydrogens (tertiary/aromatic N) is 1. The van der Waals surface area contributed by atoms with Gasteiger partial charge in [0.2, 0.25) is 5.56 Å². The number of nitrogen functional groups attached to an aromatic ring is 2. The molecule has 0 saturated carbocycles. The zero-order chi connectivity index (χ0) is 15.1. The summed E-state index contributed by atoms with van der Waals surface area (Å²) in [5.41, 5.74) is 11.0. The molecule has 0 amide bonds. The molecule has 0 aliphatic heterocycles. The normalized spacial score (nSPS) is 11.0. The fourth-order valence-corrected chi connectivity index (χ4v) is 2.20. The monoisotopic (exact) mass is 288 g/mol. The SMILES string of the molecule is Nc1ccc(-c2c(F)c(F)cc3ccc(=O)[nH]c23)c(N)n1. The minimum Gasteiger partial charge on any atom is -0.384 e. The first-order chi connectivity index (χ1) is 9.97. The largest absolute Gasteiger partial charge is 0.384 e. The topological polar surface area (TPSA) is 97.8 Å². The van der Waals surface area contributed by atoms with Gasteiger partial charge in [-0.2, -0.15) is 0 Å². The van der Waals surface area contributed by atoms with E-state index in [2.05, 4.69) is 9.97 Å². The van der Waals surface area contributed by atoms with Gasteiger partial charge in [0.15, 0.2) is 11.6 Å². The second-order valence-electron chi connectivity index (χ2n) is 4.50. The van der Waals surface area contributed by atoms with Crippen LogP contribution in [0.4, 0.5) is 20.4 Å². The molecular formula is C14H10F2N4O. The molecule has 106 valence electrons. The molecule has 21 heavy (non-hydrogen) atoms. The predicted molar refractivity (Wildman–Crippen MR) is 76.5 cm³/mol. The summed E-state index contributed by atoms with van der Waals surface area (Å²) < 4.78 is 28.0. The third kappa shape index (κ3) is 2.08. The summed E-state index contributed by atoms with van der Waals surface area (Å²) in [5, 5.41) is 0.347. The molecule has 3 aromatic rings. The van der Waals surface area contributed by atoms with E-state index in [4.69, 9.17) is 11.5 Å². The summed E-state index contributed by atoms with van der Waals surface area (Å²) in [5.74, 6) is -2.04. The fourth-order valence-electron chi connectivity index (χ4n) is 2.20. The first kappa shape index (κ1) is 13.0. The zero-order valence-corrected chi connectivity index (χ0v) is 10.7. The summed E-state index contributed by atoms with van der Waals surface area (Å²) in [4.78, 5) is 17.8. The molecule has 7 heteroatoms. The molecule has 2 heterocycles. The van der Waals surface area contributed by atoms with Crippen LogP contribution in [-0.2, 0) is 0 Å². The number of benzene rings is 1. The summed E-state index contributed by atoms with van der Waals surface area (Å²) in [7, 11) is 0. The van der Waals surface area contributed by atoms with Crippen LogP contribution >= 0.6 is 0 Å². The predicted octanol–water partition coefficient (Wildman–Crippen LogP) is 2.03. The van der Waals surface area contributed by atoms with E-state index in [1.54, 1.807) is 0 Å². The Labute approximate surface area is 117 Å². The molecule has 0 fully saturated rings.